The largest absolute Gasteiger partial charge is 0.349 e. The SMILES string of the molecule is Cc1nnc(C(C)C)n1C1CC2CCC(C1)N2CCC(NC(=O)C12CC3CC(C1)C(F)(F)C(C3)C2)c1ccccc1. The molecule has 0 spiro atoms. The van der Waals surface area contributed by atoms with Crippen molar-refractivity contribution in [3.8, 4) is 0 Å². The molecule has 2 aromatic rings. The summed E-state index contributed by atoms with van der Waals surface area (Å²) in [5.74, 6) is -1.11. The van der Waals surface area contributed by atoms with Crippen molar-refractivity contribution >= 4 is 5.91 Å². The van der Waals surface area contributed by atoms with Crippen LogP contribution in [-0.4, -0.2) is 50.1 Å². The molecular formula is C33H45F2N5O. The Labute approximate surface area is 242 Å². The molecule has 4 aliphatic carbocycles. The molecule has 1 N–H and O–H groups in total. The van der Waals surface area contributed by atoms with Gasteiger partial charge in [-0.1, -0.05) is 44.2 Å². The molecular weight excluding hydrogens is 520 g/mol. The van der Waals surface area contributed by atoms with Crippen LogP contribution in [0.5, 0.6) is 0 Å². The van der Waals surface area contributed by atoms with E-state index in [-0.39, 0.29) is 17.9 Å². The third kappa shape index (κ3) is 4.63. The highest BCUT2D eigenvalue weighted by molar-refractivity contribution is 5.83. The highest BCUT2D eigenvalue weighted by Crippen LogP contribution is 2.65. The van der Waals surface area contributed by atoms with Gasteiger partial charge in [0, 0.05) is 42.4 Å². The van der Waals surface area contributed by atoms with Crippen LogP contribution in [0.4, 0.5) is 8.78 Å². The number of halogens is 2. The zero-order chi connectivity index (χ0) is 28.5. The first kappa shape index (κ1) is 27.5. The number of nitrogens with one attached hydrogen (secondary N) is 1. The molecule has 1 amide bonds. The zero-order valence-corrected chi connectivity index (χ0v) is 24.7. The van der Waals surface area contributed by atoms with E-state index in [4.69, 9.17) is 0 Å². The van der Waals surface area contributed by atoms with Gasteiger partial charge in [0.05, 0.1) is 11.5 Å². The number of alkyl halides is 2. The molecule has 6 nitrogen and oxygen atoms in total. The van der Waals surface area contributed by atoms with Crippen molar-refractivity contribution in [1.82, 2.24) is 25.0 Å². The van der Waals surface area contributed by atoms with E-state index in [1.54, 1.807) is 0 Å². The van der Waals surface area contributed by atoms with Gasteiger partial charge in [-0.15, -0.1) is 10.2 Å². The molecule has 2 saturated heterocycles. The maximum Gasteiger partial charge on any atom is 0.253 e. The van der Waals surface area contributed by atoms with E-state index in [9.17, 15) is 13.6 Å². The first-order valence-electron chi connectivity index (χ1n) is 16.1. The minimum absolute atomic E-state index is 0.0206. The van der Waals surface area contributed by atoms with Gasteiger partial charge >= 0.3 is 0 Å². The first-order chi connectivity index (χ1) is 19.6. The maximum absolute atomic E-state index is 14.9. The highest BCUT2D eigenvalue weighted by Gasteiger charge is 2.66. The van der Waals surface area contributed by atoms with Crippen LogP contribution in [0, 0.1) is 30.1 Å². The van der Waals surface area contributed by atoms with E-state index < -0.39 is 23.2 Å². The minimum atomic E-state index is -2.60. The average molecular weight is 566 g/mol. The van der Waals surface area contributed by atoms with Crippen LogP contribution in [0.3, 0.4) is 0 Å². The lowest BCUT2D eigenvalue weighted by Gasteiger charge is -2.58. The van der Waals surface area contributed by atoms with Gasteiger partial charge in [-0.25, -0.2) is 8.78 Å². The lowest BCUT2D eigenvalue weighted by atomic mass is 9.48. The van der Waals surface area contributed by atoms with Crippen LogP contribution in [0.1, 0.15) is 113 Å². The van der Waals surface area contributed by atoms with Crippen LogP contribution in [-0.2, 0) is 4.79 Å². The molecule has 0 radical (unpaired) electrons. The molecule has 6 fully saturated rings. The average Bonchev–Trinajstić information content (AvgIpc) is 3.44. The Bertz CT molecular complexity index is 1250. The summed E-state index contributed by atoms with van der Waals surface area (Å²) >= 11 is 0. The lowest BCUT2D eigenvalue weighted by Crippen LogP contribution is -2.61. The number of amides is 1. The quantitative estimate of drug-likeness (QED) is 0.392. The van der Waals surface area contributed by atoms with Crippen molar-refractivity contribution < 1.29 is 13.6 Å². The fourth-order valence-electron chi connectivity index (χ4n) is 9.83. The molecule has 5 unspecified atom stereocenters. The van der Waals surface area contributed by atoms with Gasteiger partial charge < -0.3 is 9.88 Å². The summed E-state index contributed by atoms with van der Waals surface area (Å²) in [7, 11) is 0. The van der Waals surface area contributed by atoms with E-state index in [1.165, 1.54) is 12.8 Å². The molecule has 41 heavy (non-hydrogen) atoms. The van der Waals surface area contributed by atoms with Crippen molar-refractivity contribution in [2.24, 2.45) is 23.2 Å². The molecule has 3 heterocycles. The normalized spacial score (nSPS) is 36.1. The van der Waals surface area contributed by atoms with E-state index in [1.807, 2.05) is 18.2 Å². The fraction of sp³-hybridized carbons (Fsp3) is 0.727. The van der Waals surface area contributed by atoms with Gasteiger partial charge in [-0.2, -0.15) is 0 Å². The second-order valence-corrected chi connectivity index (χ2v) is 14.4. The Morgan fingerprint density at radius 3 is 2.27 bits per heavy atom. The maximum atomic E-state index is 14.9. The number of rotatable bonds is 8. The van der Waals surface area contributed by atoms with Gasteiger partial charge in [-0.3, -0.25) is 9.69 Å². The highest BCUT2D eigenvalue weighted by atomic mass is 19.3. The Morgan fingerprint density at radius 2 is 1.63 bits per heavy atom. The summed E-state index contributed by atoms with van der Waals surface area (Å²) in [4.78, 5) is 16.7. The van der Waals surface area contributed by atoms with Crippen LogP contribution in [0.25, 0.3) is 0 Å². The number of fused-ring (bicyclic) bond motifs is 2. The number of hydrogen-bond acceptors (Lipinski definition) is 4. The molecule has 1 aromatic carbocycles. The Balaban J connectivity index is 1.06. The molecule has 8 rings (SSSR count). The fourth-order valence-corrected chi connectivity index (χ4v) is 9.83. The van der Waals surface area contributed by atoms with Crippen molar-refractivity contribution in [2.45, 2.75) is 121 Å². The van der Waals surface area contributed by atoms with Gasteiger partial charge in [0.25, 0.3) is 5.92 Å². The smallest absolute Gasteiger partial charge is 0.253 e. The predicted molar refractivity (Wildman–Crippen MR) is 154 cm³/mol. The van der Waals surface area contributed by atoms with Crippen LogP contribution in [0.2, 0.25) is 0 Å². The number of piperidine rings is 1. The molecule has 4 saturated carbocycles. The summed E-state index contributed by atoms with van der Waals surface area (Å²) < 4.78 is 32.3. The Hall–Kier alpha value is -2.35. The topological polar surface area (TPSA) is 63.1 Å². The van der Waals surface area contributed by atoms with E-state index >= 15 is 0 Å². The van der Waals surface area contributed by atoms with Crippen LogP contribution < -0.4 is 5.32 Å². The second-order valence-electron chi connectivity index (χ2n) is 14.4. The van der Waals surface area contributed by atoms with Crippen LogP contribution >= 0.6 is 0 Å². The van der Waals surface area contributed by atoms with E-state index in [0.717, 1.165) is 49.4 Å². The summed E-state index contributed by atoms with van der Waals surface area (Å²) in [6.07, 6.45) is 8.13. The van der Waals surface area contributed by atoms with Gasteiger partial charge in [0.15, 0.2) is 0 Å². The van der Waals surface area contributed by atoms with E-state index in [2.05, 4.69) is 57.9 Å². The van der Waals surface area contributed by atoms with Gasteiger partial charge in [-0.05, 0) is 82.6 Å². The molecule has 6 bridgehead atoms. The Morgan fingerprint density at radius 1 is 0.976 bits per heavy atom. The van der Waals surface area contributed by atoms with Gasteiger partial charge in [0.2, 0.25) is 5.91 Å². The lowest BCUT2D eigenvalue weighted by molar-refractivity contribution is -0.224. The van der Waals surface area contributed by atoms with Crippen molar-refractivity contribution in [3.63, 3.8) is 0 Å². The molecule has 2 aliphatic heterocycles. The summed E-state index contributed by atoms with van der Waals surface area (Å²) in [5.41, 5.74) is 0.493. The number of aromatic nitrogens is 3. The molecule has 5 atom stereocenters. The van der Waals surface area contributed by atoms with Gasteiger partial charge in [0.1, 0.15) is 11.6 Å². The number of hydrogen-bond donors (Lipinski definition) is 1. The summed E-state index contributed by atoms with van der Waals surface area (Å²) in [6.45, 7) is 7.39. The van der Waals surface area contributed by atoms with E-state index in [0.29, 0.717) is 49.7 Å². The predicted octanol–water partition coefficient (Wildman–Crippen LogP) is 6.59. The minimum Gasteiger partial charge on any atom is -0.349 e. The number of carbonyl (C=O) groups excluding carboxylic acids is 1. The molecule has 1 aromatic heterocycles. The number of aryl methyl sites for hydroxylation is 1. The zero-order valence-electron chi connectivity index (χ0n) is 24.7. The van der Waals surface area contributed by atoms with Crippen molar-refractivity contribution in [2.75, 3.05) is 6.54 Å². The number of benzene rings is 1. The van der Waals surface area contributed by atoms with Crippen molar-refractivity contribution in [3.05, 3.63) is 47.5 Å². The Kier molecular flexibility index (Phi) is 6.79. The molecule has 8 heteroatoms. The number of carbonyl (C=O) groups is 1. The first-order valence-corrected chi connectivity index (χ1v) is 16.1. The standard InChI is InChI=1S/C33H45F2N5O/c1-20(2)30-38-37-21(3)40(30)28-15-26-9-10-27(16-28)39(26)12-11-29(23-7-5-4-6-8-23)36-31(41)32-17-22-13-24(18-32)33(34,35)25(14-22)19-32/h4-8,20,22,24-29H,9-19H2,1-3H3,(H,36,41). The third-order valence-corrected chi connectivity index (χ3v) is 11.6. The molecule has 222 valence electrons. The summed E-state index contributed by atoms with van der Waals surface area (Å²) in [6, 6.07) is 11.6. The van der Waals surface area contributed by atoms with Crippen LogP contribution in [0.15, 0.2) is 30.3 Å². The monoisotopic (exact) mass is 565 g/mol. The van der Waals surface area contributed by atoms with Crippen molar-refractivity contribution in [1.29, 1.82) is 0 Å². The molecule has 6 aliphatic rings. The third-order valence-electron chi connectivity index (χ3n) is 11.6. The number of nitrogens with zero attached hydrogens (tertiary/aromatic N) is 4. The summed E-state index contributed by atoms with van der Waals surface area (Å²) in [5, 5.41) is 12.3. The second kappa shape index (κ2) is 10.1.